The van der Waals surface area contributed by atoms with Crippen molar-refractivity contribution in [3.8, 4) is 0 Å². The van der Waals surface area contributed by atoms with Crippen LogP contribution in [-0.4, -0.2) is 11.7 Å². The quantitative estimate of drug-likeness (QED) is 0.557. The van der Waals surface area contributed by atoms with Gasteiger partial charge in [0.05, 0.1) is 11.7 Å². The summed E-state index contributed by atoms with van der Waals surface area (Å²) in [5.41, 5.74) is 0.795. The Labute approximate surface area is 81.9 Å². The first-order valence-electron chi connectivity index (χ1n) is 5.69. The van der Waals surface area contributed by atoms with Gasteiger partial charge in [-0.3, -0.25) is 0 Å². The molecule has 2 rings (SSSR count). The number of ether oxygens (including phenoxy) is 1. The second kappa shape index (κ2) is 2.98. The molecule has 0 radical (unpaired) electrons. The van der Waals surface area contributed by atoms with Crippen LogP contribution in [0.15, 0.2) is 0 Å². The Balaban J connectivity index is 2.07. The Morgan fingerprint density at radius 2 is 1.92 bits per heavy atom. The van der Waals surface area contributed by atoms with E-state index in [1.807, 2.05) is 0 Å². The average molecular weight is 182 g/mol. The predicted octanol–water partition coefficient (Wildman–Crippen LogP) is 3.52. The van der Waals surface area contributed by atoms with Gasteiger partial charge >= 0.3 is 0 Å². The molecule has 0 aromatic heterocycles. The van der Waals surface area contributed by atoms with E-state index in [9.17, 15) is 0 Å². The van der Waals surface area contributed by atoms with Crippen molar-refractivity contribution >= 4 is 0 Å². The lowest BCUT2D eigenvalue weighted by Crippen LogP contribution is -2.38. The Morgan fingerprint density at radius 3 is 2.46 bits per heavy atom. The van der Waals surface area contributed by atoms with Gasteiger partial charge in [-0.1, -0.05) is 20.3 Å². The van der Waals surface area contributed by atoms with Crippen LogP contribution >= 0.6 is 0 Å². The van der Waals surface area contributed by atoms with Crippen molar-refractivity contribution in [3.05, 3.63) is 0 Å². The van der Waals surface area contributed by atoms with E-state index in [4.69, 9.17) is 4.74 Å². The first-order valence-corrected chi connectivity index (χ1v) is 5.69. The molecule has 0 unspecified atom stereocenters. The highest BCUT2D eigenvalue weighted by atomic mass is 16.5. The van der Waals surface area contributed by atoms with Crippen LogP contribution < -0.4 is 0 Å². The zero-order chi connectivity index (χ0) is 9.53. The summed E-state index contributed by atoms with van der Waals surface area (Å²) in [4.78, 5) is 0. The first-order chi connectivity index (χ1) is 6.02. The van der Waals surface area contributed by atoms with Crippen LogP contribution in [0.25, 0.3) is 0 Å². The number of hydrogen-bond donors (Lipinski definition) is 0. The summed E-state index contributed by atoms with van der Waals surface area (Å²) >= 11 is 0. The summed E-state index contributed by atoms with van der Waals surface area (Å²) in [5, 5.41) is 0. The smallest absolute Gasteiger partial charge is 0.0692 e. The molecule has 1 heterocycles. The minimum absolute atomic E-state index is 0.279. The van der Waals surface area contributed by atoms with Gasteiger partial charge in [-0.15, -0.1) is 0 Å². The van der Waals surface area contributed by atoms with E-state index in [0.29, 0.717) is 11.5 Å². The van der Waals surface area contributed by atoms with Crippen molar-refractivity contribution in [2.75, 3.05) is 0 Å². The van der Waals surface area contributed by atoms with E-state index in [2.05, 4.69) is 20.8 Å². The number of rotatable bonds is 0. The van der Waals surface area contributed by atoms with Crippen LogP contribution in [0.3, 0.4) is 0 Å². The van der Waals surface area contributed by atoms with Crippen molar-refractivity contribution < 1.29 is 4.74 Å². The highest BCUT2D eigenvalue weighted by Crippen LogP contribution is 2.48. The molecule has 0 N–H and O–H groups in total. The lowest BCUT2D eigenvalue weighted by atomic mass is 9.69. The monoisotopic (exact) mass is 182 g/mol. The summed E-state index contributed by atoms with van der Waals surface area (Å²) in [6.45, 7) is 7.00. The van der Waals surface area contributed by atoms with Gasteiger partial charge in [0.15, 0.2) is 0 Å². The maximum atomic E-state index is 6.13. The highest BCUT2D eigenvalue weighted by Gasteiger charge is 2.44. The summed E-state index contributed by atoms with van der Waals surface area (Å²) in [7, 11) is 0. The molecule has 1 nitrogen and oxygen atoms in total. The minimum atomic E-state index is 0.279. The fraction of sp³-hybridized carbons (Fsp3) is 1.00. The molecule has 76 valence electrons. The van der Waals surface area contributed by atoms with Crippen molar-refractivity contribution in [1.29, 1.82) is 0 Å². The van der Waals surface area contributed by atoms with Gasteiger partial charge in [0, 0.05) is 0 Å². The van der Waals surface area contributed by atoms with E-state index < -0.39 is 0 Å². The molecule has 0 aromatic rings. The molecule has 2 aliphatic rings. The third kappa shape index (κ3) is 1.90. The molecule has 1 aliphatic heterocycles. The van der Waals surface area contributed by atoms with Crippen LogP contribution in [-0.2, 0) is 4.74 Å². The molecule has 0 bridgehead atoms. The Kier molecular flexibility index (Phi) is 2.18. The fourth-order valence-corrected chi connectivity index (χ4v) is 3.26. The first kappa shape index (κ1) is 9.51. The van der Waals surface area contributed by atoms with Crippen LogP contribution in [0, 0.1) is 5.41 Å². The molecule has 1 saturated carbocycles. The van der Waals surface area contributed by atoms with E-state index in [0.717, 1.165) is 0 Å². The zero-order valence-corrected chi connectivity index (χ0v) is 9.23. The van der Waals surface area contributed by atoms with Gasteiger partial charge in [0.25, 0.3) is 0 Å². The third-order valence-corrected chi connectivity index (χ3v) is 3.74. The van der Waals surface area contributed by atoms with E-state index >= 15 is 0 Å². The molecular formula is C12H22O. The van der Waals surface area contributed by atoms with Crippen molar-refractivity contribution in [3.63, 3.8) is 0 Å². The van der Waals surface area contributed by atoms with Gasteiger partial charge < -0.3 is 4.74 Å². The molecule has 0 amide bonds. The second-order valence-corrected chi connectivity index (χ2v) is 5.84. The van der Waals surface area contributed by atoms with Crippen molar-refractivity contribution in [1.82, 2.24) is 0 Å². The molecular weight excluding hydrogens is 160 g/mol. The SMILES string of the molecule is C[C@H]1CC[C@@]2(CCCC(C)(C)C2)O1. The largest absolute Gasteiger partial charge is 0.372 e. The molecule has 0 aromatic carbocycles. The number of hydrogen-bond acceptors (Lipinski definition) is 1. The maximum absolute atomic E-state index is 6.13. The standard InChI is InChI=1S/C12H22O/c1-10-5-8-12(13-10)7-4-6-11(2,3)9-12/h10H,4-9H2,1-3H3/t10-,12+/m0/s1. The van der Waals surface area contributed by atoms with Crippen molar-refractivity contribution in [2.45, 2.75) is 71.0 Å². The Hall–Kier alpha value is -0.0400. The topological polar surface area (TPSA) is 9.23 Å². The molecule has 13 heavy (non-hydrogen) atoms. The van der Waals surface area contributed by atoms with Crippen LogP contribution in [0.1, 0.15) is 59.3 Å². The molecule has 1 aliphatic carbocycles. The summed E-state index contributed by atoms with van der Waals surface area (Å²) in [6.07, 6.45) is 8.42. The van der Waals surface area contributed by atoms with Gasteiger partial charge in [-0.2, -0.15) is 0 Å². The molecule has 1 heteroatoms. The molecule has 2 fully saturated rings. The normalized spacial score (nSPS) is 44.1. The maximum Gasteiger partial charge on any atom is 0.0692 e. The molecule has 1 saturated heterocycles. The molecule has 1 spiro atoms. The van der Waals surface area contributed by atoms with Crippen LogP contribution in [0.2, 0.25) is 0 Å². The van der Waals surface area contributed by atoms with Gasteiger partial charge in [0.2, 0.25) is 0 Å². The van der Waals surface area contributed by atoms with Crippen molar-refractivity contribution in [2.24, 2.45) is 5.41 Å². The molecule has 2 atom stereocenters. The van der Waals surface area contributed by atoms with Gasteiger partial charge in [-0.05, 0) is 44.4 Å². The summed E-state index contributed by atoms with van der Waals surface area (Å²) in [5.74, 6) is 0. The zero-order valence-electron chi connectivity index (χ0n) is 9.23. The summed E-state index contributed by atoms with van der Waals surface area (Å²) in [6, 6.07) is 0. The fourth-order valence-electron chi connectivity index (χ4n) is 3.26. The highest BCUT2D eigenvalue weighted by molar-refractivity contribution is 4.95. The lowest BCUT2D eigenvalue weighted by Gasteiger charge is -2.42. The van der Waals surface area contributed by atoms with E-state index in [-0.39, 0.29) is 5.60 Å². The van der Waals surface area contributed by atoms with Gasteiger partial charge in [0.1, 0.15) is 0 Å². The van der Waals surface area contributed by atoms with E-state index in [1.54, 1.807) is 0 Å². The Bertz CT molecular complexity index is 193. The van der Waals surface area contributed by atoms with Gasteiger partial charge in [-0.25, -0.2) is 0 Å². The summed E-state index contributed by atoms with van der Waals surface area (Å²) < 4.78 is 6.13. The second-order valence-electron chi connectivity index (χ2n) is 5.84. The Morgan fingerprint density at radius 1 is 1.15 bits per heavy atom. The van der Waals surface area contributed by atoms with Crippen LogP contribution in [0.4, 0.5) is 0 Å². The third-order valence-electron chi connectivity index (χ3n) is 3.74. The lowest BCUT2D eigenvalue weighted by molar-refractivity contribution is -0.0849. The minimum Gasteiger partial charge on any atom is -0.372 e. The van der Waals surface area contributed by atoms with E-state index in [1.165, 1.54) is 38.5 Å². The average Bonchev–Trinajstić information content (AvgIpc) is 2.29. The van der Waals surface area contributed by atoms with Crippen LogP contribution in [0.5, 0.6) is 0 Å². The predicted molar refractivity (Wildman–Crippen MR) is 54.8 cm³/mol.